The maximum Gasteiger partial charge on any atom is 0.256 e. The van der Waals surface area contributed by atoms with Crippen molar-refractivity contribution in [3.05, 3.63) is 71.4 Å². The minimum absolute atomic E-state index is 0.150. The molecule has 4 rings (SSSR count). The molecule has 8 heteroatoms. The van der Waals surface area contributed by atoms with Crippen LogP contribution in [0.25, 0.3) is 10.9 Å². The normalized spacial score (nSPS) is 17.5. The molecule has 1 atom stereocenters. The third-order valence-electron chi connectivity index (χ3n) is 5.64. The maximum absolute atomic E-state index is 13.3. The van der Waals surface area contributed by atoms with E-state index in [2.05, 4.69) is 4.98 Å². The number of hydrogen-bond donors (Lipinski definition) is 0. The van der Waals surface area contributed by atoms with E-state index in [-0.39, 0.29) is 36.5 Å². The fourth-order valence-corrected chi connectivity index (χ4v) is 5.74. The standard InChI is InChI=1S/C23H22N4O3S/c1-16-13-18(14-24)8-9-21(16)31(29,30)26-11-12-27(17(2)15-26)23(28)20-7-3-5-19-6-4-10-25-22(19)20/h3-10,13,17H,11-12,15H2,1-2H3. The molecule has 1 unspecified atom stereocenters. The molecule has 31 heavy (non-hydrogen) atoms. The number of nitriles is 1. The van der Waals surface area contributed by atoms with E-state index >= 15 is 0 Å². The Morgan fingerprint density at radius 1 is 1.16 bits per heavy atom. The van der Waals surface area contributed by atoms with Gasteiger partial charge in [0.25, 0.3) is 5.91 Å². The van der Waals surface area contributed by atoms with Crippen molar-refractivity contribution in [1.29, 1.82) is 5.26 Å². The van der Waals surface area contributed by atoms with E-state index < -0.39 is 10.0 Å². The molecule has 7 nitrogen and oxygen atoms in total. The summed E-state index contributed by atoms with van der Waals surface area (Å²) in [5, 5.41) is 9.92. The van der Waals surface area contributed by atoms with Crippen LogP contribution in [0, 0.1) is 18.3 Å². The Bertz CT molecular complexity index is 1310. The van der Waals surface area contributed by atoms with Crippen LogP contribution in [0.2, 0.25) is 0 Å². The number of pyridine rings is 1. The second kappa shape index (κ2) is 8.10. The van der Waals surface area contributed by atoms with Crippen molar-refractivity contribution in [2.45, 2.75) is 24.8 Å². The highest BCUT2D eigenvalue weighted by Gasteiger charge is 2.35. The van der Waals surface area contributed by atoms with Crippen molar-refractivity contribution in [2.75, 3.05) is 19.6 Å². The molecule has 158 valence electrons. The van der Waals surface area contributed by atoms with E-state index in [1.807, 2.05) is 37.3 Å². The van der Waals surface area contributed by atoms with Crippen molar-refractivity contribution in [2.24, 2.45) is 0 Å². The molecule has 1 saturated heterocycles. The zero-order valence-electron chi connectivity index (χ0n) is 17.3. The predicted octanol–water partition coefficient (Wildman–Crippen LogP) is 2.95. The Morgan fingerprint density at radius 3 is 2.65 bits per heavy atom. The molecular weight excluding hydrogens is 412 g/mol. The summed E-state index contributed by atoms with van der Waals surface area (Å²) in [6, 6.07) is 15.5. The number of aryl methyl sites for hydroxylation is 1. The molecular formula is C23H22N4O3S. The molecule has 0 bridgehead atoms. The first-order chi connectivity index (χ1) is 14.8. The van der Waals surface area contributed by atoms with Gasteiger partial charge >= 0.3 is 0 Å². The second-order valence-electron chi connectivity index (χ2n) is 7.68. The predicted molar refractivity (Wildman–Crippen MR) is 117 cm³/mol. The molecule has 3 aromatic rings. The highest BCUT2D eigenvalue weighted by atomic mass is 32.2. The topological polar surface area (TPSA) is 94.4 Å². The molecule has 0 aliphatic carbocycles. The third-order valence-corrected chi connectivity index (χ3v) is 7.66. The van der Waals surface area contributed by atoms with E-state index in [4.69, 9.17) is 5.26 Å². The van der Waals surface area contributed by atoms with Crippen LogP contribution in [0.15, 0.2) is 59.6 Å². The molecule has 1 amide bonds. The summed E-state index contributed by atoms with van der Waals surface area (Å²) in [5.41, 5.74) is 2.12. The van der Waals surface area contributed by atoms with Crippen LogP contribution < -0.4 is 0 Å². The van der Waals surface area contributed by atoms with Gasteiger partial charge in [-0.05, 0) is 49.7 Å². The minimum Gasteiger partial charge on any atom is -0.333 e. The number of nitrogens with zero attached hydrogens (tertiary/aromatic N) is 4. The molecule has 2 aromatic carbocycles. The summed E-state index contributed by atoms with van der Waals surface area (Å²) in [6.45, 7) is 4.23. The van der Waals surface area contributed by atoms with E-state index in [0.29, 0.717) is 22.2 Å². The fraction of sp³-hybridized carbons (Fsp3) is 0.261. The first kappa shape index (κ1) is 21.0. The number of para-hydroxylation sites is 1. The first-order valence-corrected chi connectivity index (χ1v) is 11.4. The van der Waals surface area contributed by atoms with Gasteiger partial charge in [-0.1, -0.05) is 18.2 Å². The van der Waals surface area contributed by atoms with Gasteiger partial charge in [-0.2, -0.15) is 9.57 Å². The van der Waals surface area contributed by atoms with Crippen molar-refractivity contribution in [1.82, 2.24) is 14.2 Å². The minimum atomic E-state index is -3.73. The Balaban J connectivity index is 1.57. The Hall–Kier alpha value is -3.28. The lowest BCUT2D eigenvalue weighted by Crippen LogP contribution is -2.55. The van der Waals surface area contributed by atoms with Crippen LogP contribution in [0.1, 0.15) is 28.4 Å². The summed E-state index contributed by atoms with van der Waals surface area (Å²) in [5.74, 6) is -0.150. The molecule has 0 radical (unpaired) electrons. The number of benzene rings is 2. The van der Waals surface area contributed by atoms with Gasteiger partial charge in [-0.25, -0.2) is 8.42 Å². The smallest absolute Gasteiger partial charge is 0.256 e. The molecule has 1 aromatic heterocycles. The van der Waals surface area contributed by atoms with E-state index in [1.165, 1.54) is 16.4 Å². The molecule has 0 saturated carbocycles. The largest absolute Gasteiger partial charge is 0.333 e. The molecule has 1 aliphatic heterocycles. The SMILES string of the molecule is Cc1cc(C#N)ccc1S(=O)(=O)N1CCN(C(=O)c2cccc3cccnc23)C(C)C1. The lowest BCUT2D eigenvalue weighted by atomic mass is 10.1. The van der Waals surface area contributed by atoms with Gasteiger partial charge in [0.15, 0.2) is 0 Å². The van der Waals surface area contributed by atoms with Gasteiger partial charge in [-0.15, -0.1) is 0 Å². The van der Waals surface area contributed by atoms with Crippen LogP contribution in [0.5, 0.6) is 0 Å². The van der Waals surface area contributed by atoms with Crippen molar-refractivity contribution in [3.63, 3.8) is 0 Å². The number of amides is 1. The average molecular weight is 435 g/mol. The first-order valence-electron chi connectivity index (χ1n) is 9.98. The fourth-order valence-electron chi connectivity index (χ4n) is 4.02. The molecule has 0 N–H and O–H groups in total. The van der Waals surface area contributed by atoms with Crippen LogP contribution in [-0.2, 0) is 10.0 Å². The number of rotatable bonds is 3. The monoisotopic (exact) mass is 434 g/mol. The summed E-state index contributed by atoms with van der Waals surface area (Å²) in [7, 11) is -3.73. The molecule has 1 aliphatic rings. The average Bonchev–Trinajstić information content (AvgIpc) is 2.77. The van der Waals surface area contributed by atoms with Gasteiger partial charge in [0.05, 0.1) is 27.6 Å². The van der Waals surface area contributed by atoms with Crippen LogP contribution in [0.3, 0.4) is 0 Å². The highest BCUT2D eigenvalue weighted by Crippen LogP contribution is 2.25. The molecule has 1 fully saturated rings. The number of hydrogen-bond acceptors (Lipinski definition) is 5. The molecule has 2 heterocycles. The number of sulfonamides is 1. The summed E-state index contributed by atoms with van der Waals surface area (Å²) < 4.78 is 27.8. The second-order valence-corrected chi connectivity index (χ2v) is 9.59. The lowest BCUT2D eigenvalue weighted by molar-refractivity contribution is 0.0593. The number of carbonyl (C=O) groups excluding carboxylic acids is 1. The number of carbonyl (C=O) groups is 1. The van der Waals surface area contributed by atoms with Crippen molar-refractivity contribution in [3.8, 4) is 6.07 Å². The summed E-state index contributed by atoms with van der Waals surface area (Å²) in [6.07, 6.45) is 1.66. The van der Waals surface area contributed by atoms with E-state index in [1.54, 1.807) is 30.2 Å². The van der Waals surface area contributed by atoms with Crippen molar-refractivity contribution >= 4 is 26.8 Å². The molecule has 0 spiro atoms. The zero-order chi connectivity index (χ0) is 22.2. The summed E-state index contributed by atoms with van der Waals surface area (Å²) in [4.78, 5) is 19.5. The van der Waals surface area contributed by atoms with Crippen LogP contribution in [-0.4, -0.2) is 54.2 Å². The summed E-state index contributed by atoms with van der Waals surface area (Å²) >= 11 is 0. The third kappa shape index (κ3) is 3.78. The van der Waals surface area contributed by atoms with E-state index in [9.17, 15) is 13.2 Å². The highest BCUT2D eigenvalue weighted by molar-refractivity contribution is 7.89. The van der Waals surface area contributed by atoms with Gasteiger partial charge in [0.2, 0.25) is 10.0 Å². The van der Waals surface area contributed by atoms with E-state index in [0.717, 1.165) is 5.39 Å². The number of aromatic nitrogens is 1. The van der Waals surface area contributed by atoms with Crippen LogP contribution in [0.4, 0.5) is 0 Å². The number of piperazine rings is 1. The van der Waals surface area contributed by atoms with Crippen molar-refractivity contribution < 1.29 is 13.2 Å². The van der Waals surface area contributed by atoms with Gasteiger partial charge in [0, 0.05) is 37.3 Å². The Kier molecular flexibility index (Phi) is 5.48. The quantitative estimate of drug-likeness (QED) is 0.632. The Labute approximate surface area is 181 Å². The van der Waals surface area contributed by atoms with Gasteiger partial charge in [-0.3, -0.25) is 9.78 Å². The van der Waals surface area contributed by atoms with Crippen LogP contribution >= 0.6 is 0 Å². The number of fused-ring (bicyclic) bond motifs is 1. The lowest BCUT2D eigenvalue weighted by Gasteiger charge is -2.39. The van der Waals surface area contributed by atoms with Gasteiger partial charge in [0.1, 0.15) is 0 Å². The van der Waals surface area contributed by atoms with Gasteiger partial charge < -0.3 is 4.90 Å². The maximum atomic E-state index is 13.3. The zero-order valence-corrected chi connectivity index (χ0v) is 18.1. The Morgan fingerprint density at radius 2 is 1.94 bits per heavy atom.